The summed E-state index contributed by atoms with van der Waals surface area (Å²) >= 11 is 0. The Morgan fingerprint density at radius 2 is 1.87 bits per heavy atom. The maximum atomic E-state index is 13.8. The number of para-hydroxylation sites is 1. The summed E-state index contributed by atoms with van der Waals surface area (Å²) in [6.45, 7) is 0.0709. The summed E-state index contributed by atoms with van der Waals surface area (Å²) < 4.78 is 0. The fourth-order valence-electron chi connectivity index (χ4n) is 5.44. The van der Waals surface area contributed by atoms with Crippen LogP contribution in [0.4, 0.5) is 5.69 Å². The van der Waals surface area contributed by atoms with Crippen LogP contribution in [0.5, 0.6) is 0 Å². The summed E-state index contributed by atoms with van der Waals surface area (Å²) in [7, 11) is 0. The molecule has 39 heavy (non-hydrogen) atoms. The van der Waals surface area contributed by atoms with E-state index < -0.39 is 12.0 Å². The molecule has 0 saturated heterocycles. The highest BCUT2D eigenvalue weighted by Gasteiger charge is 2.39. The predicted octanol–water partition coefficient (Wildman–Crippen LogP) is 1.63. The quantitative estimate of drug-likeness (QED) is 0.260. The normalized spacial score (nSPS) is 17.5. The van der Waals surface area contributed by atoms with Crippen molar-refractivity contribution in [1.82, 2.24) is 36.2 Å². The second-order valence-corrected chi connectivity index (χ2v) is 9.88. The zero-order valence-electron chi connectivity index (χ0n) is 21.2. The molecule has 204 valence electrons. The van der Waals surface area contributed by atoms with Gasteiger partial charge in [0.05, 0.1) is 19.0 Å². The van der Waals surface area contributed by atoms with E-state index in [1.165, 1.54) is 4.90 Å². The second kappa shape index (κ2) is 11.5. The highest BCUT2D eigenvalue weighted by Crippen LogP contribution is 2.37. The summed E-state index contributed by atoms with van der Waals surface area (Å²) in [5.74, 6) is -1.58. The van der Waals surface area contributed by atoms with Crippen LogP contribution in [0.2, 0.25) is 0 Å². The van der Waals surface area contributed by atoms with Crippen LogP contribution in [0.15, 0.2) is 36.4 Å². The van der Waals surface area contributed by atoms with Gasteiger partial charge in [-0.1, -0.05) is 36.3 Å². The number of aromatic amines is 2. The lowest BCUT2D eigenvalue weighted by Crippen LogP contribution is -2.48. The molecule has 0 radical (unpaired) electrons. The number of hydrogen-bond donors (Lipinski definition) is 5. The van der Waals surface area contributed by atoms with E-state index >= 15 is 0 Å². The second-order valence-electron chi connectivity index (χ2n) is 9.88. The predicted molar refractivity (Wildman–Crippen MR) is 137 cm³/mol. The first-order chi connectivity index (χ1) is 18.9. The molecule has 3 heterocycles. The molecule has 2 aromatic heterocycles. The van der Waals surface area contributed by atoms with E-state index in [0.717, 1.165) is 31.2 Å². The Morgan fingerprint density at radius 3 is 2.62 bits per heavy atom. The average molecular weight is 535 g/mol. The molecule has 13 nitrogen and oxygen atoms in total. The van der Waals surface area contributed by atoms with Crippen LogP contribution in [0.3, 0.4) is 0 Å². The van der Waals surface area contributed by atoms with Crippen molar-refractivity contribution < 1.29 is 24.3 Å². The minimum absolute atomic E-state index is 0.0709. The topological polar surface area (TPSA) is 186 Å². The minimum atomic E-state index is -1.03. The first-order valence-corrected chi connectivity index (χ1v) is 13.0. The van der Waals surface area contributed by atoms with Gasteiger partial charge in [-0.15, -0.1) is 10.2 Å². The van der Waals surface area contributed by atoms with Crippen molar-refractivity contribution in [3.05, 3.63) is 59.2 Å². The van der Waals surface area contributed by atoms with Crippen molar-refractivity contribution >= 4 is 29.4 Å². The number of carboxylic acid groups (broad SMARTS) is 1. The largest absolute Gasteiger partial charge is 0.481 e. The lowest BCUT2D eigenvalue weighted by Gasteiger charge is -2.25. The van der Waals surface area contributed by atoms with Crippen LogP contribution in [0, 0.1) is 5.92 Å². The molecule has 3 aromatic rings. The van der Waals surface area contributed by atoms with Gasteiger partial charge >= 0.3 is 5.97 Å². The van der Waals surface area contributed by atoms with Gasteiger partial charge in [0, 0.05) is 24.2 Å². The molecule has 0 unspecified atom stereocenters. The smallest absolute Gasteiger partial charge is 0.303 e. The van der Waals surface area contributed by atoms with Gasteiger partial charge in [0.15, 0.2) is 5.82 Å². The third-order valence-corrected chi connectivity index (χ3v) is 7.34. The summed E-state index contributed by atoms with van der Waals surface area (Å²) in [6, 6.07) is 9.71. The molecular weight excluding hydrogens is 504 g/mol. The molecule has 5 N–H and O–H groups in total. The van der Waals surface area contributed by atoms with Crippen molar-refractivity contribution in [3.8, 4) is 0 Å². The van der Waals surface area contributed by atoms with Gasteiger partial charge in [-0.05, 0) is 42.5 Å². The van der Waals surface area contributed by atoms with E-state index in [4.69, 9.17) is 5.11 Å². The van der Waals surface area contributed by atoms with Gasteiger partial charge in [0.1, 0.15) is 11.7 Å². The Bertz CT molecular complexity index is 1350. The number of aliphatic carboxylic acids is 1. The van der Waals surface area contributed by atoms with Gasteiger partial charge < -0.3 is 20.7 Å². The molecule has 13 heteroatoms. The molecule has 0 spiro atoms. The standard InChI is InChI=1S/C26H30N8O5/c35-22(11-12-23(36)37)29-24(15-5-1-2-6-15)17-9-10-18(28-17)26(39)34-19-8-4-3-7-16(19)13-20(34)25(38)27-14-21-30-32-33-31-21/h3-4,7-10,15,20,24,28H,1-2,5-6,11-14H2,(H,27,38)(H,29,35)(H,36,37)(H,30,31,32,33)/t20-,24-/m0/s1. The van der Waals surface area contributed by atoms with Gasteiger partial charge in [0.2, 0.25) is 11.8 Å². The van der Waals surface area contributed by atoms with E-state index in [-0.39, 0.29) is 49.1 Å². The van der Waals surface area contributed by atoms with Gasteiger partial charge in [-0.3, -0.25) is 24.1 Å². The number of nitrogens with one attached hydrogen (secondary N) is 4. The van der Waals surface area contributed by atoms with Gasteiger partial charge in [-0.25, -0.2) is 0 Å². The van der Waals surface area contributed by atoms with E-state index in [0.29, 0.717) is 29.3 Å². The van der Waals surface area contributed by atoms with Gasteiger partial charge in [-0.2, -0.15) is 5.21 Å². The molecule has 1 aliphatic heterocycles. The van der Waals surface area contributed by atoms with Crippen LogP contribution < -0.4 is 15.5 Å². The highest BCUT2D eigenvalue weighted by atomic mass is 16.4. The molecule has 1 fully saturated rings. The summed E-state index contributed by atoms with van der Waals surface area (Å²) in [5, 5.41) is 28.2. The van der Waals surface area contributed by atoms with Crippen molar-refractivity contribution in [1.29, 1.82) is 0 Å². The zero-order chi connectivity index (χ0) is 27.4. The van der Waals surface area contributed by atoms with Gasteiger partial charge in [0.25, 0.3) is 5.91 Å². The Labute approximate surface area is 223 Å². The fraction of sp³-hybridized carbons (Fsp3) is 0.423. The number of carbonyl (C=O) groups excluding carboxylic acids is 3. The number of amides is 3. The number of hydrogen-bond acceptors (Lipinski definition) is 7. The van der Waals surface area contributed by atoms with Crippen LogP contribution in [0.25, 0.3) is 0 Å². The third-order valence-electron chi connectivity index (χ3n) is 7.34. The first kappa shape index (κ1) is 26.1. The minimum Gasteiger partial charge on any atom is -0.481 e. The van der Waals surface area contributed by atoms with Crippen LogP contribution in [-0.4, -0.2) is 60.4 Å². The van der Waals surface area contributed by atoms with E-state index in [1.807, 2.05) is 24.3 Å². The van der Waals surface area contributed by atoms with Crippen LogP contribution in [0.1, 0.15) is 72.1 Å². The van der Waals surface area contributed by atoms with Crippen LogP contribution >= 0.6 is 0 Å². The summed E-state index contributed by atoms with van der Waals surface area (Å²) in [6.07, 6.45) is 3.94. The Balaban J connectivity index is 1.36. The van der Waals surface area contributed by atoms with E-state index in [9.17, 15) is 19.2 Å². The number of benzene rings is 1. The number of rotatable bonds is 10. The molecule has 2 atom stereocenters. The Hall–Kier alpha value is -4.55. The van der Waals surface area contributed by atoms with Crippen molar-refractivity contribution in [2.75, 3.05) is 4.90 Å². The number of H-pyrrole nitrogens is 2. The SMILES string of the molecule is O=C(O)CCC(=O)N[C@H](c1ccc(C(=O)N2c3ccccc3C[C@H]2C(=O)NCc2nn[nH]n2)[nH]1)C1CCCC1. The van der Waals surface area contributed by atoms with Crippen molar-refractivity contribution in [2.24, 2.45) is 5.92 Å². The number of carbonyl (C=O) groups is 4. The fourth-order valence-corrected chi connectivity index (χ4v) is 5.44. The van der Waals surface area contributed by atoms with Crippen molar-refractivity contribution in [3.63, 3.8) is 0 Å². The number of fused-ring (bicyclic) bond motifs is 1. The number of carboxylic acids is 1. The molecule has 2 aliphatic rings. The average Bonchev–Trinajstić information content (AvgIpc) is 3.74. The maximum absolute atomic E-state index is 13.8. The molecule has 0 bridgehead atoms. The summed E-state index contributed by atoms with van der Waals surface area (Å²) in [5.41, 5.74) is 2.51. The number of nitrogens with zero attached hydrogens (tertiary/aromatic N) is 4. The van der Waals surface area contributed by atoms with E-state index in [1.54, 1.807) is 12.1 Å². The number of tetrazole rings is 1. The maximum Gasteiger partial charge on any atom is 0.303 e. The van der Waals surface area contributed by atoms with Crippen molar-refractivity contribution in [2.45, 2.75) is 63.6 Å². The lowest BCUT2D eigenvalue weighted by molar-refractivity contribution is -0.139. The molecule has 1 saturated carbocycles. The monoisotopic (exact) mass is 534 g/mol. The molecular formula is C26H30N8O5. The molecule has 3 amide bonds. The summed E-state index contributed by atoms with van der Waals surface area (Å²) in [4.78, 5) is 55.1. The molecule has 1 aromatic carbocycles. The Morgan fingerprint density at radius 1 is 1.08 bits per heavy atom. The van der Waals surface area contributed by atoms with Crippen LogP contribution in [-0.2, 0) is 27.3 Å². The lowest BCUT2D eigenvalue weighted by atomic mass is 9.95. The highest BCUT2D eigenvalue weighted by molar-refractivity contribution is 6.10. The number of aromatic nitrogens is 5. The van der Waals surface area contributed by atoms with E-state index in [2.05, 4.69) is 36.2 Å². The Kier molecular flexibility index (Phi) is 7.66. The number of anilines is 1. The third kappa shape index (κ3) is 5.81. The zero-order valence-corrected chi connectivity index (χ0v) is 21.2. The molecule has 5 rings (SSSR count). The first-order valence-electron chi connectivity index (χ1n) is 13.0. The molecule has 1 aliphatic carbocycles.